The molecule has 0 spiro atoms. The summed E-state index contributed by atoms with van der Waals surface area (Å²) in [4.78, 5) is 19.4. The first kappa shape index (κ1) is 24.7. The number of benzene rings is 2. The second kappa shape index (κ2) is 11.8. The monoisotopic (exact) mass is 466 g/mol. The van der Waals surface area contributed by atoms with Crippen LogP contribution in [0.5, 0.6) is 0 Å². The van der Waals surface area contributed by atoms with Crippen LogP contribution in [-0.2, 0) is 11.0 Å². The number of rotatable bonds is 10. The molecule has 0 saturated carbocycles. The number of unbranched alkanes of at least 4 members (excludes halogenated alkanes) is 2. The van der Waals surface area contributed by atoms with Crippen molar-refractivity contribution in [3.05, 3.63) is 72.7 Å². The van der Waals surface area contributed by atoms with E-state index in [0.29, 0.717) is 6.54 Å². The number of carbonyl (C=O) groups excluding carboxylic acids is 1. The molecule has 0 radical (unpaired) electrons. The highest BCUT2D eigenvalue weighted by molar-refractivity contribution is 7.84. The lowest BCUT2D eigenvalue weighted by Crippen LogP contribution is -2.51. The summed E-state index contributed by atoms with van der Waals surface area (Å²) in [6.45, 7) is 8.56. The number of hydrogen-bond donors (Lipinski definition) is 1. The third kappa shape index (κ3) is 5.90. The lowest BCUT2D eigenvalue weighted by atomic mass is 10.1. The molecule has 2 aromatic carbocycles. The van der Waals surface area contributed by atoms with Gasteiger partial charge in [0.15, 0.2) is 0 Å². The van der Waals surface area contributed by atoms with Crippen LogP contribution in [0.1, 0.15) is 45.7 Å². The molecule has 0 aliphatic heterocycles. The fourth-order valence-electron chi connectivity index (χ4n) is 3.79. The molecule has 0 aliphatic rings. The summed E-state index contributed by atoms with van der Waals surface area (Å²) in [6.07, 6.45) is 4.75. The van der Waals surface area contributed by atoms with Crippen LogP contribution < -0.4 is 10.2 Å². The zero-order chi connectivity index (χ0) is 23.8. The number of nitrogens with zero attached hydrogens (tertiary/aromatic N) is 3. The Balaban J connectivity index is 1.82. The van der Waals surface area contributed by atoms with Crippen LogP contribution in [0.15, 0.2) is 67.0 Å². The normalized spacial score (nSPS) is 13.8. The Morgan fingerprint density at radius 3 is 2.33 bits per heavy atom. The maximum atomic E-state index is 13.6. The number of nitrogens with one attached hydrogen (secondary N) is 1. The summed E-state index contributed by atoms with van der Waals surface area (Å²) in [5, 5.41) is 2.71. The summed E-state index contributed by atoms with van der Waals surface area (Å²) in [7, 11) is -1.41. The first-order valence-electron chi connectivity index (χ1n) is 11.6. The van der Waals surface area contributed by atoms with E-state index in [9.17, 15) is 9.00 Å². The average molecular weight is 467 g/mol. The Hall–Kier alpha value is -2.93. The Bertz CT molecular complexity index is 1050. The van der Waals surface area contributed by atoms with Crippen LogP contribution in [0.2, 0.25) is 0 Å². The molecule has 0 fully saturated rings. The minimum absolute atomic E-state index is 0.166. The number of para-hydroxylation sites is 1. The largest absolute Gasteiger partial charge is 0.338 e. The number of imidazole rings is 1. The molecule has 33 heavy (non-hydrogen) atoms. The summed E-state index contributed by atoms with van der Waals surface area (Å²) < 4.78 is 15.3. The molecule has 0 aliphatic carbocycles. The number of hydrogen-bond acceptors (Lipinski definition) is 3. The molecular weight excluding hydrogens is 432 g/mol. The highest BCUT2D eigenvalue weighted by atomic mass is 32.2. The number of aromatic nitrogens is 2. The van der Waals surface area contributed by atoms with Gasteiger partial charge in [-0.2, -0.15) is 0 Å². The van der Waals surface area contributed by atoms with Crippen molar-refractivity contribution in [2.75, 3.05) is 11.4 Å². The van der Waals surface area contributed by atoms with Crippen molar-refractivity contribution in [1.29, 1.82) is 0 Å². The van der Waals surface area contributed by atoms with Crippen molar-refractivity contribution >= 4 is 22.7 Å². The van der Waals surface area contributed by atoms with Crippen LogP contribution in [0, 0.1) is 6.92 Å². The standard InChI is InChI=1S/C26H34N4O2S/c1-5-6-13-18-27-26(31)30(24-16-11-8-12-17-24)20(2)22(4)33(32)29-19-28-25(21(29)3)23-14-9-7-10-15-23/h7-12,14-17,19-20,22H,5-6,13,18H2,1-4H3,(H,27,31). The third-order valence-electron chi connectivity index (χ3n) is 5.92. The van der Waals surface area contributed by atoms with Gasteiger partial charge in [-0.05, 0) is 39.3 Å². The minimum Gasteiger partial charge on any atom is -0.338 e. The van der Waals surface area contributed by atoms with E-state index in [-0.39, 0.29) is 17.3 Å². The highest BCUT2D eigenvalue weighted by Gasteiger charge is 2.31. The van der Waals surface area contributed by atoms with Crippen molar-refractivity contribution in [3.8, 4) is 11.3 Å². The molecule has 2 amide bonds. The predicted molar refractivity (Wildman–Crippen MR) is 137 cm³/mol. The van der Waals surface area contributed by atoms with E-state index in [0.717, 1.165) is 41.9 Å². The van der Waals surface area contributed by atoms with Crippen LogP contribution in [0.25, 0.3) is 11.3 Å². The van der Waals surface area contributed by atoms with Gasteiger partial charge in [0.25, 0.3) is 0 Å². The maximum absolute atomic E-state index is 13.6. The summed E-state index contributed by atoms with van der Waals surface area (Å²) in [5.74, 6) is 0. The molecule has 1 heterocycles. The quantitative estimate of drug-likeness (QED) is 0.398. The van der Waals surface area contributed by atoms with Gasteiger partial charge >= 0.3 is 6.03 Å². The zero-order valence-electron chi connectivity index (χ0n) is 19.9. The smallest absolute Gasteiger partial charge is 0.322 e. The predicted octanol–water partition coefficient (Wildman–Crippen LogP) is 5.55. The van der Waals surface area contributed by atoms with Gasteiger partial charge < -0.3 is 5.32 Å². The van der Waals surface area contributed by atoms with Crippen LogP contribution in [-0.4, -0.2) is 37.0 Å². The Morgan fingerprint density at radius 1 is 1.06 bits per heavy atom. The molecule has 0 bridgehead atoms. The maximum Gasteiger partial charge on any atom is 0.322 e. The topological polar surface area (TPSA) is 67.2 Å². The minimum atomic E-state index is -1.41. The molecule has 7 heteroatoms. The van der Waals surface area contributed by atoms with Crippen LogP contribution >= 0.6 is 0 Å². The number of amides is 2. The van der Waals surface area contributed by atoms with Gasteiger partial charge in [0.1, 0.15) is 17.3 Å². The molecule has 3 atom stereocenters. The van der Waals surface area contributed by atoms with E-state index >= 15 is 0 Å². The fraction of sp³-hybridized carbons (Fsp3) is 0.385. The molecule has 3 unspecified atom stereocenters. The van der Waals surface area contributed by atoms with Gasteiger partial charge in [0, 0.05) is 17.8 Å². The molecule has 176 valence electrons. The van der Waals surface area contributed by atoms with E-state index in [1.54, 1.807) is 15.2 Å². The number of urea groups is 1. The van der Waals surface area contributed by atoms with Crippen molar-refractivity contribution < 1.29 is 9.00 Å². The molecule has 0 saturated heterocycles. The van der Waals surface area contributed by atoms with E-state index in [2.05, 4.69) is 17.2 Å². The van der Waals surface area contributed by atoms with Gasteiger partial charge in [-0.1, -0.05) is 68.3 Å². The van der Waals surface area contributed by atoms with Gasteiger partial charge in [0.05, 0.1) is 22.7 Å². The van der Waals surface area contributed by atoms with Crippen LogP contribution in [0.4, 0.5) is 10.5 Å². The van der Waals surface area contributed by atoms with Gasteiger partial charge in [0.2, 0.25) is 0 Å². The lowest BCUT2D eigenvalue weighted by molar-refractivity contribution is 0.244. The summed E-state index contributed by atoms with van der Waals surface area (Å²) >= 11 is 0. The molecule has 6 nitrogen and oxygen atoms in total. The second-order valence-electron chi connectivity index (χ2n) is 8.24. The van der Waals surface area contributed by atoms with Crippen molar-refractivity contribution in [2.45, 2.75) is 58.2 Å². The second-order valence-corrected chi connectivity index (χ2v) is 9.93. The fourth-order valence-corrected chi connectivity index (χ4v) is 5.11. The Morgan fingerprint density at radius 2 is 1.70 bits per heavy atom. The Labute approximate surface area is 199 Å². The number of carbonyl (C=O) groups is 1. The van der Waals surface area contributed by atoms with Crippen LogP contribution in [0.3, 0.4) is 0 Å². The van der Waals surface area contributed by atoms with E-state index < -0.39 is 11.0 Å². The Kier molecular flexibility index (Phi) is 8.83. The van der Waals surface area contributed by atoms with Gasteiger partial charge in [-0.25, -0.2) is 14.0 Å². The molecular formula is C26H34N4O2S. The molecule has 1 N–H and O–H groups in total. The van der Waals surface area contributed by atoms with Gasteiger partial charge in [-0.3, -0.25) is 8.87 Å². The van der Waals surface area contributed by atoms with Gasteiger partial charge in [-0.15, -0.1) is 0 Å². The zero-order valence-corrected chi connectivity index (χ0v) is 20.7. The number of anilines is 1. The third-order valence-corrected chi connectivity index (χ3v) is 7.71. The van der Waals surface area contributed by atoms with E-state index in [1.807, 2.05) is 81.4 Å². The molecule has 1 aromatic heterocycles. The van der Waals surface area contributed by atoms with Crippen molar-refractivity contribution in [3.63, 3.8) is 0 Å². The van der Waals surface area contributed by atoms with Crippen molar-refractivity contribution in [2.24, 2.45) is 0 Å². The highest BCUT2D eigenvalue weighted by Crippen LogP contribution is 2.25. The lowest BCUT2D eigenvalue weighted by Gasteiger charge is -2.33. The van der Waals surface area contributed by atoms with E-state index in [1.165, 1.54) is 0 Å². The SMILES string of the molecule is CCCCCNC(=O)N(c1ccccc1)C(C)C(C)S(=O)n1cnc(-c2ccccc2)c1C. The summed E-state index contributed by atoms with van der Waals surface area (Å²) in [5.41, 5.74) is 3.43. The average Bonchev–Trinajstić information content (AvgIpc) is 3.23. The summed E-state index contributed by atoms with van der Waals surface area (Å²) in [6, 6.07) is 19.0. The molecule has 3 aromatic rings. The first-order valence-corrected chi connectivity index (χ1v) is 12.7. The van der Waals surface area contributed by atoms with E-state index in [4.69, 9.17) is 0 Å². The molecule has 3 rings (SSSR count). The van der Waals surface area contributed by atoms with Crippen molar-refractivity contribution in [1.82, 2.24) is 14.3 Å². The first-order chi connectivity index (χ1) is 16.0.